The number of alkyl halides is 3. The normalized spacial score (nSPS) is 11.7. The first kappa shape index (κ1) is 18.8. The summed E-state index contributed by atoms with van der Waals surface area (Å²) in [5, 5.41) is 13.6. The van der Waals surface area contributed by atoms with Crippen LogP contribution in [0.15, 0.2) is 24.3 Å². The van der Waals surface area contributed by atoms with Crippen molar-refractivity contribution in [1.29, 1.82) is 5.26 Å². The molecule has 0 saturated carbocycles. The van der Waals surface area contributed by atoms with E-state index in [-0.39, 0.29) is 11.0 Å². The number of hydrogen-bond acceptors (Lipinski definition) is 3. The number of amides is 1. The van der Waals surface area contributed by atoms with Crippen LogP contribution in [0, 0.1) is 16.7 Å². The van der Waals surface area contributed by atoms with Crippen molar-refractivity contribution >= 4 is 11.6 Å². The van der Waals surface area contributed by atoms with Gasteiger partial charge < -0.3 is 10.6 Å². The molecule has 7 heteroatoms. The van der Waals surface area contributed by atoms with Crippen LogP contribution in [-0.4, -0.2) is 25.2 Å². The molecule has 0 fully saturated rings. The van der Waals surface area contributed by atoms with Crippen molar-refractivity contribution in [2.45, 2.75) is 32.9 Å². The summed E-state index contributed by atoms with van der Waals surface area (Å²) >= 11 is 0. The second-order valence-electron chi connectivity index (χ2n) is 6.05. The van der Waals surface area contributed by atoms with Crippen molar-refractivity contribution in [1.82, 2.24) is 5.32 Å². The Bertz CT molecular complexity index is 559. The number of nitriles is 1. The van der Waals surface area contributed by atoms with Gasteiger partial charge in [-0.1, -0.05) is 13.8 Å². The summed E-state index contributed by atoms with van der Waals surface area (Å²) in [7, 11) is 0. The van der Waals surface area contributed by atoms with E-state index in [2.05, 4.69) is 11.4 Å². The van der Waals surface area contributed by atoms with E-state index in [1.165, 1.54) is 12.1 Å². The molecule has 1 amide bonds. The standard InChI is InChI=1S/C16H20F3N3O/c1-15(2,8-3-9-20)10-21-13-6-4-12(5-7-13)14(23)22-11-16(17,18)19/h4-7,21H,3,8,10-11H2,1-2H3,(H,22,23). The summed E-state index contributed by atoms with van der Waals surface area (Å²) in [5.74, 6) is -0.761. The molecule has 0 radical (unpaired) electrons. The highest BCUT2D eigenvalue weighted by atomic mass is 19.4. The summed E-state index contributed by atoms with van der Waals surface area (Å²) in [6, 6.07) is 8.33. The Morgan fingerprint density at radius 1 is 1.17 bits per heavy atom. The summed E-state index contributed by atoms with van der Waals surface area (Å²) in [4.78, 5) is 11.6. The highest BCUT2D eigenvalue weighted by Crippen LogP contribution is 2.23. The Labute approximate surface area is 133 Å². The van der Waals surface area contributed by atoms with Gasteiger partial charge in [0.1, 0.15) is 6.54 Å². The minimum Gasteiger partial charge on any atom is -0.385 e. The van der Waals surface area contributed by atoms with Gasteiger partial charge in [-0.05, 0) is 36.1 Å². The lowest BCUT2D eigenvalue weighted by molar-refractivity contribution is -0.123. The topological polar surface area (TPSA) is 64.9 Å². The molecule has 0 aliphatic carbocycles. The van der Waals surface area contributed by atoms with Crippen molar-refractivity contribution in [2.24, 2.45) is 5.41 Å². The predicted molar refractivity (Wildman–Crippen MR) is 81.9 cm³/mol. The van der Waals surface area contributed by atoms with Gasteiger partial charge in [0.15, 0.2) is 0 Å². The van der Waals surface area contributed by atoms with Gasteiger partial charge in [0.05, 0.1) is 6.07 Å². The molecule has 1 aromatic rings. The Kier molecular flexibility index (Phi) is 6.43. The number of benzene rings is 1. The molecule has 1 rings (SSSR count). The maximum absolute atomic E-state index is 12.1. The fraction of sp³-hybridized carbons (Fsp3) is 0.500. The smallest absolute Gasteiger partial charge is 0.385 e. The van der Waals surface area contributed by atoms with Gasteiger partial charge in [0, 0.05) is 24.2 Å². The lowest BCUT2D eigenvalue weighted by Crippen LogP contribution is -2.33. The third-order valence-corrected chi connectivity index (χ3v) is 3.28. The first-order valence-electron chi connectivity index (χ1n) is 7.19. The summed E-state index contributed by atoms with van der Waals surface area (Å²) in [6.45, 7) is 3.37. The van der Waals surface area contributed by atoms with Crippen molar-refractivity contribution in [3.05, 3.63) is 29.8 Å². The van der Waals surface area contributed by atoms with E-state index in [0.29, 0.717) is 13.0 Å². The first-order valence-corrected chi connectivity index (χ1v) is 7.19. The number of carbonyl (C=O) groups is 1. The van der Waals surface area contributed by atoms with E-state index >= 15 is 0 Å². The lowest BCUT2D eigenvalue weighted by Gasteiger charge is -2.24. The molecule has 0 aliphatic heterocycles. The molecular weight excluding hydrogens is 307 g/mol. The van der Waals surface area contributed by atoms with E-state index < -0.39 is 18.6 Å². The third kappa shape index (κ3) is 7.54. The van der Waals surface area contributed by atoms with Crippen molar-refractivity contribution in [2.75, 3.05) is 18.4 Å². The highest BCUT2D eigenvalue weighted by molar-refractivity contribution is 5.94. The van der Waals surface area contributed by atoms with E-state index in [4.69, 9.17) is 5.26 Å². The molecule has 2 N–H and O–H groups in total. The largest absolute Gasteiger partial charge is 0.405 e. The average Bonchev–Trinajstić information content (AvgIpc) is 2.48. The number of halogens is 3. The van der Waals surface area contributed by atoms with Crippen LogP contribution >= 0.6 is 0 Å². The van der Waals surface area contributed by atoms with Crippen LogP contribution in [-0.2, 0) is 0 Å². The molecule has 1 aromatic carbocycles. The molecule has 0 bridgehead atoms. The van der Waals surface area contributed by atoms with E-state index in [1.807, 2.05) is 19.2 Å². The van der Waals surface area contributed by atoms with Crippen LogP contribution in [0.25, 0.3) is 0 Å². The number of rotatable bonds is 7. The highest BCUT2D eigenvalue weighted by Gasteiger charge is 2.27. The monoisotopic (exact) mass is 327 g/mol. The van der Waals surface area contributed by atoms with Gasteiger partial charge in [-0.2, -0.15) is 18.4 Å². The minimum atomic E-state index is -4.42. The van der Waals surface area contributed by atoms with Crippen LogP contribution in [0.4, 0.5) is 18.9 Å². The quantitative estimate of drug-likeness (QED) is 0.802. The maximum Gasteiger partial charge on any atom is 0.405 e. The number of carbonyl (C=O) groups excluding carboxylic acids is 1. The van der Waals surface area contributed by atoms with E-state index in [0.717, 1.165) is 12.1 Å². The fourth-order valence-electron chi connectivity index (χ4n) is 1.85. The van der Waals surface area contributed by atoms with Gasteiger partial charge in [-0.25, -0.2) is 0 Å². The van der Waals surface area contributed by atoms with Crippen molar-refractivity contribution < 1.29 is 18.0 Å². The van der Waals surface area contributed by atoms with Gasteiger partial charge >= 0.3 is 6.18 Å². The van der Waals surface area contributed by atoms with Crippen molar-refractivity contribution in [3.8, 4) is 6.07 Å². The van der Waals surface area contributed by atoms with E-state index in [1.54, 1.807) is 12.1 Å². The Morgan fingerprint density at radius 2 is 1.78 bits per heavy atom. The average molecular weight is 327 g/mol. The fourth-order valence-corrected chi connectivity index (χ4v) is 1.85. The zero-order valence-electron chi connectivity index (χ0n) is 13.1. The van der Waals surface area contributed by atoms with Gasteiger partial charge in [-0.15, -0.1) is 0 Å². The van der Waals surface area contributed by atoms with Crippen LogP contribution in [0.1, 0.15) is 37.0 Å². The molecule has 0 spiro atoms. The molecule has 0 atom stereocenters. The number of nitrogens with zero attached hydrogens (tertiary/aromatic N) is 1. The van der Waals surface area contributed by atoms with Gasteiger partial charge in [-0.3, -0.25) is 4.79 Å². The Hall–Kier alpha value is -2.23. The Morgan fingerprint density at radius 3 is 2.30 bits per heavy atom. The van der Waals surface area contributed by atoms with Crippen LogP contribution < -0.4 is 10.6 Å². The van der Waals surface area contributed by atoms with Crippen molar-refractivity contribution in [3.63, 3.8) is 0 Å². The second-order valence-corrected chi connectivity index (χ2v) is 6.05. The molecule has 0 unspecified atom stereocenters. The SMILES string of the molecule is CC(C)(CCC#N)CNc1ccc(C(=O)NCC(F)(F)F)cc1. The number of nitrogens with one attached hydrogen (secondary N) is 2. The van der Waals surface area contributed by atoms with Gasteiger partial charge in [0.2, 0.25) is 0 Å². The maximum atomic E-state index is 12.1. The lowest BCUT2D eigenvalue weighted by atomic mass is 9.88. The third-order valence-electron chi connectivity index (χ3n) is 3.28. The predicted octanol–water partition coefficient (Wildman–Crippen LogP) is 3.72. The second kappa shape index (κ2) is 7.86. The zero-order valence-corrected chi connectivity index (χ0v) is 13.1. The summed E-state index contributed by atoms with van der Waals surface area (Å²) < 4.78 is 36.2. The van der Waals surface area contributed by atoms with Gasteiger partial charge in [0.25, 0.3) is 5.91 Å². The molecule has 0 saturated heterocycles. The molecule has 4 nitrogen and oxygen atoms in total. The Balaban J connectivity index is 2.53. The van der Waals surface area contributed by atoms with Crippen LogP contribution in [0.2, 0.25) is 0 Å². The molecule has 0 aliphatic rings. The molecule has 126 valence electrons. The zero-order chi connectivity index (χ0) is 17.5. The summed E-state index contributed by atoms with van der Waals surface area (Å²) in [5.41, 5.74) is 0.879. The number of hydrogen-bond donors (Lipinski definition) is 2. The molecular formula is C16H20F3N3O. The summed E-state index contributed by atoms with van der Waals surface area (Å²) in [6.07, 6.45) is -3.19. The van der Waals surface area contributed by atoms with E-state index in [9.17, 15) is 18.0 Å². The minimum absolute atomic E-state index is 0.0571. The molecule has 0 aromatic heterocycles. The molecule has 0 heterocycles. The molecule has 23 heavy (non-hydrogen) atoms. The van der Waals surface area contributed by atoms with Crippen LogP contribution in [0.3, 0.4) is 0 Å². The number of anilines is 1. The van der Waals surface area contributed by atoms with Crippen LogP contribution in [0.5, 0.6) is 0 Å². The first-order chi connectivity index (χ1) is 10.6.